The maximum absolute atomic E-state index is 4.47. The van der Waals surface area contributed by atoms with Gasteiger partial charge in [-0.15, -0.1) is 0 Å². The quantitative estimate of drug-likeness (QED) is 0.714. The van der Waals surface area contributed by atoms with E-state index in [1.54, 1.807) is 6.33 Å². The predicted molar refractivity (Wildman–Crippen MR) is 46.8 cm³/mol. The highest BCUT2D eigenvalue weighted by molar-refractivity contribution is 5.07. The van der Waals surface area contributed by atoms with E-state index in [1.165, 1.54) is 12.8 Å². The lowest BCUT2D eigenvalue weighted by Gasteiger charge is -1.98. The van der Waals surface area contributed by atoms with Crippen LogP contribution in [0.5, 0.6) is 0 Å². The summed E-state index contributed by atoms with van der Waals surface area (Å²) in [6.45, 7) is 3.86. The average Bonchev–Trinajstić information content (AvgIpc) is 2.78. The minimum absolute atomic E-state index is 0.808. The fraction of sp³-hybridized carbons (Fsp3) is 0.667. The van der Waals surface area contributed by atoms with Gasteiger partial charge in [0.1, 0.15) is 0 Å². The maximum Gasteiger partial charge on any atom is 0.0925 e. The zero-order valence-electron chi connectivity index (χ0n) is 7.38. The van der Waals surface area contributed by atoms with Crippen molar-refractivity contribution in [3.63, 3.8) is 0 Å². The first kappa shape index (κ1) is 7.80. The van der Waals surface area contributed by atoms with Crippen molar-refractivity contribution in [2.75, 3.05) is 6.54 Å². The number of H-pyrrole nitrogens is 1. The molecule has 0 spiro atoms. The normalized spacial score (nSPS) is 16.8. The van der Waals surface area contributed by atoms with Gasteiger partial charge in [-0.05, 0) is 25.7 Å². The number of nitrogens with zero attached hydrogens (tertiary/aromatic N) is 2. The van der Waals surface area contributed by atoms with Gasteiger partial charge in [-0.25, -0.2) is 10.3 Å². The van der Waals surface area contributed by atoms with Crippen LogP contribution in [0.3, 0.4) is 0 Å². The Bertz CT molecular complexity index is 250. The van der Waals surface area contributed by atoms with Gasteiger partial charge >= 0.3 is 0 Å². The van der Waals surface area contributed by atoms with Gasteiger partial charge in [0.2, 0.25) is 0 Å². The molecule has 1 radical (unpaired) electrons. The summed E-state index contributed by atoms with van der Waals surface area (Å²) in [6, 6.07) is 0. The Balaban J connectivity index is 1.75. The van der Waals surface area contributed by atoms with Crippen LogP contribution in [0.15, 0.2) is 6.33 Å². The van der Waals surface area contributed by atoms with Crippen LogP contribution in [0.1, 0.15) is 24.2 Å². The lowest BCUT2D eigenvalue weighted by Crippen LogP contribution is -2.09. The average molecular weight is 164 g/mol. The summed E-state index contributed by atoms with van der Waals surface area (Å²) in [5, 5.41) is 4.47. The first-order valence-corrected chi connectivity index (χ1v) is 4.48. The zero-order valence-corrected chi connectivity index (χ0v) is 7.38. The molecule has 1 aromatic rings. The van der Waals surface area contributed by atoms with E-state index in [0.717, 1.165) is 30.4 Å². The number of hydrogen-bond acceptors (Lipinski definition) is 1. The second-order valence-electron chi connectivity index (χ2n) is 3.47. The van der Waals surface area contributed by atoms with Crippen molar-refractivity contribution in [2.24, 2.45) is 5.92 Å². The second-order valence-corrected chi connectivity index (χ2v) is 3.47. The van der Waals surface area contributed by atoms with Crippen molar-refractivity contribution in [2.45, 2.75) is 26.3 Å². The van der Waals surface area contributed by atoms with Crippen molar-refractivity contribution in [1.29, 1.82) is 0 Å². The first-order chi connectivity index (χ1) is 5.86. The van der Waals surface area contributed by atoms with Gasteiger partial charge in [0.15, 0.2) is 0 Å². The Morgan fingerprint density at radius 3 is 3.08 bits per heavy atom. The number of aromatic nitrogens is 2. The molecule has 3 heteroatoms. The summed E-state index contributed by atoms with van der Waals surface area (Å²) < 4.78 is 0. The molecule has 0 atom stereocenters. The number of aromatic amines is 1. The topological polar surface area (TPSA) is 42.8 Å². The van der Waals surface area contributed by atoms with Crippen LogP contribution in [0, 0.1) is 12.8 Å². The van der Waals surface area contributed by atoms with Gasteiger partial charge < -0.3 is 4.98 Å². The van der Waals surface area contributed by atoms with Gasteiger partial charge in [-0.2, -0.15) is 0 Å². The van der Waals surface area contributed by atoms with Crippen LogP contribution in [0.2, 0.25) is 0 Å². The summed E-state index contributed by atoms with van der Waals surface area (Å²) in [5.41, 5.74) is 2.24. The number of nitrogens with one attached hydrogen (secondary N) is 1. The Labute approximate surface area is 72.6 Å². The largest absolute Gasteiger partial charge is 0.347 e. The van der Waals surface area contributed by atoms with E-state index in [4.69, 9.17) is 0 Å². The molecule has 0 bridgehead atoms. The van der Waals surface area contributed by atoms with Gasteiger partial charge in [-0.1, -0.05) is 0 Å². The van der Waals surface area contributed by atoms with Crippen LogP contribution in [-0.2, 0) is 6.54 Å². The molecule has 2 rings (SSSR count). The SMILES string of the molecule is Cc1nc[nH]c1C[N]CC1CC1. The van der Waals surface area contributed by atoms with Gasteiger partial charge in [-0.3, -0.25) is 0 Å². The van der Waals surface area contributed by atoms with Crippen molar-refractivity contribution < 1.29 is 0 Å². The molecule has 1 fully saturated rings. The van der Waals surface area contributed by atoms with E-state index >= 15 is 0 Å². The molecular formula is C9H14N3. The smallest absolute Gasteiger partial charge is 0.0925 e. The van der Waals surface area contributed by atoms with E-state index in [9.17, 15) is 0 Å². The fourth-order valence-electron chi connectivity index (χ4n) is 1.21. The highest BCUT2D eigenvalue weighted by Gasteiger charge is 2.20. The van der Waals surface area contributed by atoms with Gasteiger partial charge in [0, 0.05) is 6.54 Å². The molecule has 12 heavy (non-hydrogen) atoms. The number of hydrogen-bond donors (Lipinski definition) is 1. The van der Waals surface area contributed by atoms with E-state index in [0.29, 0.717) is 0 Å². The third kappa shape index (κ3) is 1.85. The van der Waals surface area contributed by atoms with Crippen molar-refractivity contribution in [1.82, 2.24) is 15.3 Å². The molecular weight excluding hydrogens is 150 g/mol. The maximum atomic E-state index is 4.47. The molecule has 1 N–H and O–H groups in total. The standard InChI is InChI=1S/C9H14N3/c1-7-9(12-6-11-7)5-10-4-8-2-3-8/h6,8H,2-5H2,1H3,(H,11,12). The van der Waals surface area contributed by atoms with E-state index in [-0.39, 0.29) is 0 Å². The molecule has 65 valence electrons. The Morgan fingerprint density at radius 1 is 1.67 bits per heavy atom. The molecule has 1 heterocycles. The van der Waals surface area contributed by atoms with E-state index in [2.05, 4.69) is 15.3 Å². The van der Waals surface area contributed by atoms with Crippen LogP contribution < -0.4 is 5.32 Å². The Hall–Kier alpha value is -0.830. The molecule has 1 aliphatic rings. The number of imidazole rings is 1. The molecule has 0 aliphatic heterocycles. The van der Waals surface area contributed by atoms with Crippen molar-refractivity contribution in [3.05, 3.63) is 17.7 Å². The van der Waals surface area contributed by atoms with Gasteiger partial charge in [0.25, 0.3) is 0 Å². The van der Waals surface area contributed by atoms with Gasteiger partial charge in [0.05, 0.1) is 24.3 Å². The molecule has 0 amide bonds. The number of aryl methyl sites for hydroxylation is 1. The van der Waals surface area contributed by atoms with Crippen LogP contribution in [0.4, 0.5) is 0 Å². The molecule has 1 saturated carbocycles. The van der Waals surface area contributed by atoms with Crippen molar-refractivity contribution in [3.8, 4) is 0 Å². The lowest BCUT2D eigenvalue weighted by atomic mass is 10.3. The highest BCUT2D eigenvalue weighted by atomic mass is 14.9. The third-order valence-electron chi connectivity index (χ3n) is 2.29. The second kappa shape index (κ2) is 3.27. The molecule has 0 aromatic carbocycles. The fourth-order valence-corrected chi connectivity index (χ4v) is 1.21. The van der Waals surface area contributed by atoms with Crippen LogP contribution in [0.25, 0.3) is 0 Å². The molecule has 0 saturated heterocycles. The lowest BCUT2D eigenvalue weighted by molar-refractivity contribution is 0.617. The summed E-state index contributed by atoms with van der Waals surface area (Å²) in [4.78, 5) is 7.21. The monoisotopic (exact) mass is 164 g/mol. The molecule has 3 nitrogen and oxygen atoms in total. The Kier molecular flexibility index (Phi) is 2.13. The minimum atomic E-state index is 0.808. The van der Waals surface area contributed by atoms with Crippen LogP contribution in [-0.4, -0.2) is 16.5 Å². The van der Waals surface area contributed by atoms with Crippen molar-refractivity contribution >= 4 is 0 Å². The summed E-state index contributed by atoms with van der Waals surface area (Å²) in [6.07, 6.45) is 4.49. The van der Waals surface area contributed by atoms with E-state index in [1.807, 2.05) is 6.92 Å². The van der Waals surface area contributed by atoms with Crippen LogP contribution >= 0.6 is 0 Å². The molecule has 1 aliphatic carbocycles. The minimum Gasteiger partial charge on any atom is -0.347 e. The number of rotatable bonds is 4. The Morgan fingerprint density at radius 2 is 2.50 bits per heavy atom. The molecule has 0 unspecified atom stereocenters. The molecule has 1 aromatic heterocycles. The summed E-state index contributed by atoms with van der Waals surface area (Å²) in [5.74, 6) is 0.897. The third-order valence-corrected chi connectivity index (χ3v) is 2.29. The predicted octanol–water partition coefficient (Wildman–Crippen LogP) is 1.23. The highest BCUT2D eigenvalue weighted by Crippen LogP contribution is 2.27. The first-order valence-electron chi connectivity index (χ1n) is 4.48. The zero-order chi connectivity index (χ0) is 8.39. The summed E-state index contributed by atoms with van der Waals surface area (Å²) in [7, 11) is 0. The van der Waals surface area contributed by atoms with E-state index < -0.39 is 0 Å². The summed E-state index contributed by atoms with van der Waals surface area (Å²) >= 11 is 0.